The van der Waals surface area contributed by atoms with Crippen LogP contribution in [0, 0.1) is 0 Å². The van der Waals surface area contributed by atoms with E-state index >= 15 is 0 Å². The van der Waals surface area contributed by atoms with E-state index in [1.54, 1.807) is 0 Å². The summed E-state index contributed by atoms with van der Waals surface area (Å²) in [6, 6.07) is 8.72. The largest absolute Gasteiger partial charge is 0.493 e. The zero-order valence-corrected chi connectivity index (χ0v) is 17.3. The molecule has 0 radical (unpaired) electrons. The first-order valence-electron chi connectivity index (χ1n) is 8.50. The van der Waals surface area contributed by atoms with Crippen molar-refractivity contribution < 1.29 is 32.2 Å². The van der Waals surface area contributed by atoms with E-state index in [0.29, 0.717) is 17.2 Å². The van der Waals surface area contributed by atoms with E-state index in [-0.39, 0.29) is 22.6 Å². The molecule has 0 aliphatic carbocycles. The first-order chi connectivity index (χ1) is 13.7. The number of benzene rings is 2. The summed E-state index contributed by atoms with van der Waals surface area (Å²) in [5, 5.41) is 2.63. The number of methoxy groups -OCH3 is 3. The lowest BCUT2D eigenvalue weighted by molar-refractivity contribution is 0.0601. The maximum Gasteiger partial charge on any atom is 0.340 e. The van der Waals surface area contributed by atoms with Crippen LogP contribution < -0.4 is 19.5 Å². The number of anilines is 2. The molecule has 0 aliphatic heterocycles. The Balaban J connectivity index is 2.31. The highest BCUT2D eigenvalue weighted by Crippen LogP contribution is 2.34. The SMILES string of the molecule is CCS(=O)(=O)Nc1ccc(C(=O)Nc2cc(OC)c(OC)cc2C(=O)OC)cc1. The van der Waals surface area contributed by atoms with Crippen LogP contribution in [0.1, 0.15) is 27.6 Å². The normalized spacial score (nSPS) is 10.8. The van der Waals surface area contributed by atoms with E-state index < -0.39 is 21.9 Å². The highest BCUT2D eigenvalue weighted by Gasteiger charge is 2.19. The second-order valence-electron chi connectivity index (χ2n) is 5.78. The number of hydrogen-bond donors (Lipinski definition) is 2. The third-order valence-electron chi connectivity index (χ3n) is 3.98. The summed E-state index contributed by atoms with van der Waals surface area (Å²) in [6.07, 6.45) is 0. The number of rotatable bonds is 8. The molecule has 0 aliphatic rings. The van der Waals surface area contributed by atoms with Crippen LogP contribution in [0.15, 0.2) is 36.4 Å². The number of nitrogens with one attached hydrogen (secondary N) is 2. The average Bonchev–Trinajstić information content (AvgIpc) is 2.72. The van der Waals surface area contributed by atoms with Gasteiger partial charge in [0.25, 0.3) is 5.91 Å². The second kappa shape index (κ2) is 9.28. The van der Waals surface area contributed by atoms with Crippen LogP contribution in [0.5, 0.6) is 11.5 Å². The molecule has 0 unspecified atom stereocenters. The fourth-order valence-electron chi connectivity index (χ4n) is 2.40. The summed E-state index contributed by atoms with van der Waals surface area (Å²) in [5.74, 6) is -0.610. The standard InChI is InChI=1S/C19H22N2O7S/c1-5-29(24,25)21-13-8-6-12(7-9-13)18(22)20-15-11-17(27-3)16(26-2)10-14(15)19(23)28-4/h6-11,21H,5H2,1-4H3,(H,20,22). The summed E-state index contributed by atoms with van der Waals surface area (Å²) < 4.78 is 40.8. The van der Waals surface area contributed by atoms with E-state index in [2.05, 4.69) is 10.0 Å². The quantitative estimate of drug-likeness (QED) is 0.627. The molecule has 0 spiro atoms. The van der Waals surface area contributed by atoms with Crippen molar-refractivity contribution in [2.75, 3.05) is 37.1 Å². The Bertz CT molecular complexity index is 1000. The van der Waals surface area contributed by atoms with Crippen LogP contribution in [-0.4, -0.2) is 47.4 Å². The van der Waals surface area contributed by atoms with Crippen molar-refractivity contribution in [1.82, 2.24) is 0 Å². The molecule has 2 rings (SSSR count). The van der Waals surface area contributed by atoms with Gasteiger partial charge < -0.3 is 19.5 Å². The molecule has 2 aromatic rings. The van der Waals surface area contributed by atoms with Gasteiger partial charge in [-0.2, -0.15) is 0 Å². The monoisotopic (exact) mass is 422 g/mol. The fourth-order valence-corrected chi connectivity index (χ4v) is 3.04. The van der Waals surface area contributed by atoms with Crippen molar-refractivity contribution in [2.24, 2.45) is 0 Å². The van der Waals surface area contributed by atoms with Crippen LogP contribution in [0.4, 0.5) is 11.4 Å². The van der Waals surface area contributed by atoms with Crippen molar-refractivity contribution in [3.8, 4) is 11.5 Å². The van der Waals surface area contributed by atoms with E-state index in [4.69, 9.17) is 14.2 Å². The molecule has 9 nitrogen and oxygen atoms in total. The molecule has 10 heteroatoms. The molecule has 0 bridgehead atoms. The molecule has 0 aromatic heterocycles. The summed E-state index contributed by atoms with van der Waals surface area (Å²) in [4.78, 5) is 24.7. The van der Waals surface area contributed by atoms with Gasteiger partial charge in [-0.15, -0.1) is 0 Å². The van der Waals surface area contributed by atoms with E-state index in [9.17, 15) is 18.0 Å². The summed E-state index contributed by atoms with van der Waals surface area (Å²) in [7, 11) is 0.659. The molecular weight excluding hydrogens is 400 g/mol. The highest BCUT2D eigenvalue weighted by atomic mass is 32.2. The third-order valence-corrected chi connectivity index (χ3v) is 5.28. The highest BCUT2D eigenvalue weighted by molar-refractivity contribution is 7.92. The van der Waals surface area contributed by atoms with E-state index in [1.807, 2.05) is 0 Å². The van der Waals surface area contributed by atoms with Gasteiger partial charge in [-0.25, -0.2) is 13.2 Å². The molecule has 0 saturated heterocycles. The Kier molecular flexibility index (Phi) is 7.05. The predicted octanol–water partition coefficient (Wildman–Crippen LogP) is 2.50. The van der Waals surface area contributed by atoms with Gasteiger partial charge in [0, 0.05) is 23.4 Å². The van der Waals surface area contributed by atoms with Gasteiger partial charge in [-0.1, -0.05) is 0 Å². The van der Waals surface area contributed by atoms with Gasteiger partial charge in [0.05, 0.1) is 38.3 Å². The maximum atomic E-state index is 12.6. The summed E-state index contributed by atoms with van der Waals surface area (Å²) >= 11 is 0. The lowest BCUT2D eigenvalue weighted by Crippen LogP contribution is -2.17. The van der Waals surface area contributed by atoms with Gasteiger partial charge >= 0.3 is 5.97 Å². The molecule has 0 atom stereocenters. The Morgan fingerprint density at radius 3 is 2.07 bits per heavy atom. The first kappa shape index (κ1) is 22.0. The molecule has 156 valence electrons. The van der Waals surface area contributed by atoms with Crippen LogP contribution >= 0.6 is 0 Å². The summed E-state index contributed by atoms with van der Waals surface area (Å²) in [5.41, 5.74) is 0.862. The van der Waals surface area contributed by atoms with Crippen molar-refractivity contribution in [2.45, 2.75) is 6.92 Å². The minimum atomic E-state index is -3.41. The Morgan fingerprint density at radius 2 is 1.55 bits per heavy atom. The Morgan fingerprint density at radius 1 is 0.966 bits per heavy atom. The number of hydrogen-bond acceptors (Lipinski definition) is 7. The maximum absolute atomic E-state index is 12.6. The van der Waals surface area contributed by atoms with Crippen molar-refractivity contribution >= 4 is 33.3 Å². The molecule has 2 aromatic carbocycles. The number of ether oxygens (including phenoxy) is 3. The number of esters is 1. The summed E-state index contributed by atoms with van der Waals surface area (Å²) in [6.45, 7) is 1.52. The molecular formula is C19H22N2O7S. The predicted molar refractivity (Wildman–Crippen MR) is 108 cm³/mol. The van der Waals surface area contributed by atoms with E-state index in [0.717, 1.165) is 0 Å². The van der Waals surface area contributed by atoms with Crippen molar-refractivity contribution in [3.05, 3.63) is 47.5 Å². The zero-order valence-electron chi connectivity index (χ0n) is 16.4. The van der Waals surface area contributed by atoms with Crippen LogP contribution in [0.25, 0.3) is 0 Å². The van der Waals surface area contributed by atoms with Crippen molar-refractivity contribution in [3.63, 3.8) is 0 Å². The number of carbonyl (C=O) groups is 2. The molecule has 1 amide bonds. The van der Waals surface area contributed by atoms with E-state index in [1.165, 1.54) is 64.7 Å². The minimum Gasteiger partial charge on any atom is -0.493 e. The topological polar surface area (TPSA) is 120 Å². The first-order valence-corrected chi connectivity index (χ1v) is 10.2. The van der Waals surface area contributed by atoms with Crippen LogP contribution in [-0.2, 0) is 14.8 Å². The number of sulfonamides is 1. The molecule has 0 heterocycles. The lowest BCUT2D eigenvalue weighted by atomic mass is 10.1. The number of carbonyl (C=O) groups excluding carboxylic acids is 2. The van der Waals surface area contributed by atoms with Gasteiger partial charge in [-0.05, 0) is 31.2 Å². The third kappa shape index (κ3) is 5.38. The number of amides is 1. The van der Waals surface area contributed by atoms with Crippen LogP contribution in [0.2, 0.25) is 0 Å². The van der Waals surface area contributed by atoms with Crippen LogP contribution in [0.3, 0.4) is 0 Å². The smallest absolute Gasteiger partial charge is 0.340 e. The van der Waals surface area contributed by atoms with Gasteiger partial charge in [-0.3, -0.25) is 9.52 Å². The molecule has 29 heavy (non-hydrogen) atoms. The molecule has 0 fully saturated rings. The van der Waals surface area contributed by atoms with Crippen molar-refractivity contribution in [1.29, 1.82) is 0 Å². The zero-order chi connectivity index (χ0) is 21.6. The second-order valence-corrected chi connectivity index (χ2v) is 7.79. The lowest BCUT2D eigenvalue weighted by Gasteiger charge is -2.15. The fraction of sp³-hybridized carbons (Fsp3) is 0.263. The molecule has 0 saturated carbocycles. The molecule has 2 N–H and O–H groups in total. The van der Waals surface area contributed by atoms with Gasteiger partial charge in [0.15, 0.2) is 11.5 Å². The van der Waals surface area contributed by atoms with Gasteiger partial charge in [0.2, 0.25) is 10.0 Å². The van der Waals surface area contributed by atoms with Gasteiger partial charge in [0.1, 0.15) is 0 Å². The Hall–Kier alpha value is -3.27. The minimum absolute atomic E-state index is 0.0646. The Labute approximate surface area is 169 Å². The average molecular weight is 422 g/mol.